The van der Waals surface area contributed by atoms with Crippen LogP contribution in [0.3, 0.4) is 0 Å². The molecular formula is C12H24N2O2S. The second-order valence-corrected chi connectivity index (χ2v) is 8.02. The van der Waals surface area contributed by atoms with Crippen molar-refractivity contribution in [2.24, 2.45) is 5.92 Å². The third-order valence-corrected chi connectivity index (χ3v) is 6.21. The normalized spacial score (nSPS) is 33.6. The van der Waals surface area contributed by atoms with Gasteiger partial charge in [0.25, 0.3) is 0 Å². The van der Waals surface area contributed by atoms with Gasteiger partial charge < -0.3 is 5.32 Å². The number of fused-ring (bicyclic) bond motifs is 2. The Kier molecular flexibility index (Phi) is 3.80. The molecule has 2 fully saturated rings. The van der Waals surface area contributed by atoms with Gasteiger partial charge in [0.1, 0.15) is 0 Å². The first-order valence-corrected chi connectivity index (χ1v) is 8.21. The molecule has 2 saturated heterocycles. The number of nitrogens with one attached hydrogen (secondary N) is 1. The summed E-state index contributed by atoms with van der Waals surface area (Å²) in [5.41, 5.74) is 0. The molecule has 0 radical (unpaired) electrons. The van der Waals surface area contributed by atoms with E-state index in [2.05, 4.69) is 5.32 Å². The number of sulfonamides is 1. The van der Waals surface area contributed by atoms with Gasteiger partial charge in [0.2, 0.25) is 10.0 Å². The molecular weight excluding hydrogens is 236 g/mol. The first kappa shape index (κ1) is 13.3. The molecule has 2 unspecified atom stereocenters. The van der Waals surface area contributed by atoms with Gasteiger partial charge in [-0.25, -0.2) is 12.7 Å². The summed E-state index contributed by atoms with van der Waals surface area (Å²) in [7, 11) is -1.32. The number of hydrogen-bond donors (Lipinski definition) is 1. The molecule has 100 valence electrons. The number of nitrogens with zero attached hydrogens (tertiary/aromatic N) is 1. The van der Waals surface area contributed by atoms with E-state index in [4.69, 9.17) is 0 Å². The van der Waals surface area contributed by atoms with Gasteiger partial charge in [0.05, 0.1) is 5.75 Å². The van der Waals surface area contributed by atoms with Crippen molar-refractivity contribution in [2.75, 3.05) is 12.8 Å². The molecule has 0 spiro atoms. The standard InChI is InChI=1S/C12H24N2O2S/c1-9(2)8-17(15,16)14(3)12-6-10-4-5-11(7-12)13-10/h9-13H,4-8H2,1-3H3. The highest BCUT2D eigenvalue weighted by molar-refractivity contribution is 7.89. The summed E-state index contributed by atoms with van der Waals surface area (Å²) in [6.45, 7) is 3.91. The van der Waals surface area contributed by atoms with Crippen LogP contribution < -0.4 is 5.32 Å². The Balaban J connectivity index is 2.02. The summed E-state index contributed by atoms with van der Waals surface area (Å²) in [4.78, 5) is 0. The third-order valence-electron chi connectivity index (χ3n) is 3.95. The van der Waals surface area contributed by atoms with Crippen LogP contribution >= 0.6 is 0 Å². The highest BCUT2D eigenvalue weighted by Gasteiger charge is 2.38. The fraction of sp³-hybridized carbons (Fsp3) is 1.00. The Morgan fingerprint density at radius 1 is 1.24 bits per heavy atom. The van der Waals surface area contributed by atoms with Crippen molar-refractivity contribution in [1.29, 1.82) is 0 Å². The molecule has 5 heteroatoms. The van der Waals surface area contributed by atoms with Crippen LogP contribution in [-0.2, 0) is 10.0 Å². The van der Waals surface area contributed by atoms with E-state index in [0.717, 1.165) is 12.8 Å². The van der Waals surface area contributed by atoms with Crippen LogP contribution in [0.25, 0.3) is 0 Å². The average molecular weight is 260 g/mol. The van der Waals surface area contributed by atoms with Gasteiger partial charge in [-0.2, -0.15) is 0 Å². The van der Waals surface area contributed by atoms with Crippen molar-refractivity contribution in [3.63, 3.8) is 0 Å². The minimum absolute atomic E-state index is 0.195. The quantitative estimate of drug-likeness (QED) is 0.826. The number of hydrogen-bond acceptors (Lipinski definition) is 3. The first-order valence-electron chi connectivity index (χ1n) is 6.60. The molecule has 2 aliphatic heterocycles. The predicted molar refractivity (Wildman–Crippen MR) is 69.4 cm³/mol. The fourth-order valence-electron chi connectivity index (χ4n) is 3.09. The highest BCUT2D eigenvalue weighted by atomic mass is 32.2. The summed E-state index contributed by atoms with van der Waals surface area (Å²) < 4.78 is 26.0. The van der Waals surface area contributed by atoms with Crippen LogP contribution in [0, 0.1) is 5.92 Å². The molecule has 1 N–H and O–H groups in total. The van der Waals surface area contributed by atoms with Crippen molar-refractivity contribution in [3.8, 4) is 0 Å². The molecule has 0 amide bonds. The maximum atomic E-state index is 12.2. The zero-order valence-corrected chi connectivity index (χ0v) is 11.8. The third kappa shape index (κ3) is 3.01. The molecule has 0 aliphatic carbocycles. The van der Waals surface area contributed by atoms with E-state index < -0.39 is 10.0 Å². The molecule has 2 atom stereocenters. The lowest BCUT2D eigenvalue weighted by Gasteiger charge is -2.35. The van der Waals surface area contributed by atoms with Gasteiger partial charge in [-0.3, -0.25) is 0 Å². The predicted octanol–water partition coefficient (Wildman–Crippen LogP) is 1.19. The van der Waals surface area contributed by atoms with Gasteiger partial charge in [-0.15, -0.1) is 0 Å². The van der Waals surface area contributed by atoms with Gasteiger partial charge in [-0.1, -0.05) is 13.8 Å². The smallest absolute Gasteiger partial charge is 0.214 e. The highest BCUT2D eigenvalue weighted by Crippen LogP contribution is 2.30. The number of rotatable bonds is 4. The lowest BCUT2D eigenvalue weighted by molar-refractivity contribution is 0.251. The van der Waals surface area contributed by atoms with E-state index in [9.17, 15) is 8.42 Å². The van der Waals surface area contributed by atoms with Crippen molar-refractivity contribution < 1.29 is 8.42 Å². The van der Waals surface area contributed by atoms with E-state index in [0.29, 0.717) is 12.1 Å². The lowest BCUT2D eigenvalue weighted by Crippen LogP contribution is -2.49. The molecule has 0 aromatic heterocycles. The molecule has 2 aliphatic rings. The van der Waals surface area contributed by atoms with Crippen LogP contribution in [0.15, 0.2) is 0 Å². The molecule has 17 heavy (non-hydrogen) atoms. The van der Waals surface area contributed by atoms with Gasteiger partial charge in [0, 0.05) is 25.2 Å². The Morgan fingerprint density at radius 3 is 2.24 bits per heavy atom. The SMILES string of the molecule is CC(C)CS(=O)(=O)N(C)C1CC2CCC(C1)N2. The van der Waals surface area contributed by atoms with Gasteiger partial charge >= 0.3 is 0 Å². The Bertz CT molecular complexity index is 355. The topological polar surface area (TPSA) is 49.4 Å². The molecule has 0 aromatic rings. The van der Waals surface area contributed by atoms with Crippen molar-refractivity contribution in [3.05, 3.63) is 0 Å². The van der Waals surface area contributed by atoms with Crippen LogP contribution in [-0.4, -0.2) is 43.6 Å². The molecule has 0 saturated carbocycles. The van der Waals surface area contributed by atoms with E-state index in [1.807, 2.05) is 13.8 Å². The summed E-state index contributed by atoms with van der Waals surface area (Å²) in [5, 5.41) is 3.55. The zero-order valence-electron chi connectivity index (χ0n) is 11.0. The fourth-order valence-corrected chi connectivity index (χ4v) is 4.79. The van der Waals surface area contributed by atoms with Crippen molar-refractivity contribution >= 4 is 10.0 Å². The molecule has 0 aromatic carbocycles. The van der Waals surface area contributed by atoms with Crippen LogP contribution in [0.5, 0.6) is 0 Å². The monoisotopic (exact) mass is 260 g/mol. The maximum absolute atomic E-state index is 12.2. The molecule has 2 rings (SSSR count). The minimum atomic E-state index is -3.07. The second kappa shape index (κ2) is 4.86. The van der Waals surface area contributed by atoms with Gasteiger partial charge in [0.15, 0.2) is 0 Å². The summed E-state index contributed by atoms with van der Waals surface area (Å²) in [5.74, 6) is 0.462. The van der Waals surface area contributed by atoms with Gasteiger partial charge in [-0.05, 0) is 31.6 Å². The lowest BCUT2D eigenvalue weighted by atomic mass is 10.0. The Labute approximate surface area is 105 Å². The second-order valence-electron chi connectivity index (χ2n) is 5.95. The van der Waals surface area contributed by atoms with Crippen molar-refractivity contribution in [1.82, 2.24) is 9.62 Å². The number of piperidine rings is 1. The first-order chi connectivity index (χ1) is 7.88. The Morgan fingerprint density at radius 2 is 1.76 bits per heavy atom. The molecule has 2 bridgehead atoms. The van der Waals surface area contributed by atoms with Crippen LogP contribution in [0.4, 0.5) is 0 Å². The molecule has 4 nitrogen and oxygen atoms in total. The summed E-state index contributed by atoms with van der Waals surface area (Å²) in [6.07, 6.45) is 4.37. The zero-order chi connectivity index (χ0) is 12.6. The van der Waals surface area contributed by atoms with Crippen LogP contribution in [0.1, 0.15) is 39.5 Å². The Hall–Kier alpha value is -0.130. The van der Waals surface area contributed by atoms with E-state index in [-0.39, 0.29) is 17.7 Å². The minimum Gasteiger partial charge on any atom is -0.311 e. The van der Waals surface area contributed by atoms with E-state index in [1.165, 1.54) is 12.8 Å². The van der Waals surface area contributed by atoms with E-state index >= 15 is 0 Å². The van der Waals surface area contributed by atoms with Crippen LogP contribution in [0.2, 0.25) is 0 Å². The molecule has 2 heterocycles. The largest absolute Gasteiger partial charge is 0.311 e. The average Bonchev–Trinajstić information content (AvgIpc) is 2.54. The van der Waals surface area contributed by atoms with E-state index in [1.54, 1.807) is 11.4 Å². The van der Waals surface area contributed by atoms with Crippen molar-refractivity contribution in [2.45, 2.75) is 57.7 Å². The summed E-state index contributed by atoms with van der Waals surface area (Å²) >= 11 is 0. The summed E-state index contributed by atoms with van der Waals surface area (Å²) in [6, 6.07) is 1.28. The maximum Gasteiger partial charge on any atom is 0.214 e.